The summed E-state index contributed by atoms with van der Waals surface area (Å²) in [6.07, 6.45) is 0.968. The van der Waals surface area contributed by atoms with Crippen LogP contribution in [0.15, 0.2) is 42.2 Å². The van der Waals surface area contributed by atoms with Gasteiger partial charge in [-0.2, -0.15) is 0 Å². The summed E-state index contributed by atoms with van der Waals surface area (Å²) in [7, 11) is 1.31. The molecular formula is C21H20O5. The zero-order valence-corrected chi connectivity index (χ0v) is 15.2. The lowest BCUT2D eigenvalue weighted by molar-refractivity contribution is -0.147. The van der Waals surface area contributed by atoms with Gasteiger partial charge in [0.2, 0.25) is 5.78 Å². The molecule has 0 aliphatic carbocycles. The number of benzene rings is 2. The van der Waals surface area contributed by atoms with Gasteiger partial charge >= 0.3 is 5.97 Å². The number of carbonyl (C=O) groups excluding carboxylic acids is 2. The van der Waals surface area contributed by atoms with E-state index in [-0.39, 0.29) is 11.5 Å². The number of ether oxygens (including phenoxy) is 3. The third-order valence-corrected chi connectivity index (χ3v) is 4.25. The van der Waals surface area contributed by atoms with Crippen molar-refractivity contribution in [3.63, 3.8) is 0 Å². The van der Waals surface area contributed by atoms with Gasteiger partial charge < -0.3 is 14.2 Å². The van der Waals surface area contributed by atoms with E-state index in [1.165, 1.54) is 7.11 Å². The first kappa shape index (κ1) is 17.7. The Balaban J connectivity index is 1.89. The van der Waals surface area contributed by atoms with Crippen LogP contribution in [0.3, 0.4) is 0 Å². The van der Waals surface area contributed by atoms with Crippen molar-refractivity contribution in [2.75, 3.05) is 7.11 Å². The lowest BCUT2D eigenvalue weighted by Crippen LogP contribution is -2.25. The number of rotatable bonds is 4. The van der Waals surface area contributed by atoms with Gasteiger partial charge in [-0.15, -0.1) is 0 Å². The van der Waals surface area contributed by atoms with Gasteiger partial charge in [-0.1, -0.05) is 29.8 Å². The number of Topliss-reactive ketones (excluding diaryl/α,β-unsaturated/α-hetero) is 1. The fraction of sp³-hybridized carbons (Fsp3) is 0.238. The van der Waals surface area contributed by atoms with Gasteiger partial charge in [0.25, 0.3) is 0 Å². The molecule has 0 spiro atoms. The highest BCUT2D eigenvalue weighted by Crippen LogP contribution is 2.39. The standard InChI is InChI=1S/C21H20O5/c1-12-5-7-15(8-6-12)11-18-19(22)16-9-10-17(13(2)20(16)26-18)25-14(3)21(23)24-4/h5-11,14H,1-4H3/b18-11-. The zero-order valence-electron chi connectivity index (χ0n) is 15.2. The van der Waals surface area contributed by atoms with Crippen LogP contribution in [-0.4, -0.2) is 25.0 Å². The molecule has 0 N–H and O–H groups in total. The van der Waals surface area contributed by atoms with Crippen molar-refractivity contribution in [3.05, 3.63) is 64.4 Å². The third-order valence-electron chi connectivity index (χ3n) is 4.25. The maximum Gasteiger partial charge on any atom is 0.346 e. The molecule has 0 aromatic heterocycles. The van der Waals surface area contributed by atoms with E-state index in [4.69, 9.17) is 9.47 Å². The van der Waals surface area contributed by atoms with Crippen molar-refractivity contribution < 1.29 is 23.8 Å². The molecule has 0 saturated carbocycles. The Morgan fingerprint density at radius 3 is 2.46 bits per heavy atom. The molecule has 3 rings (SSSR count). The van der Waals surface area contributed by atoms with E-state index in [1.807, 2.05) is 31.2 Å². The lowest BCUT2D eigenvalue weighted by atomic mass is 10.1. The molecule has 1 aliphatic heterocycles. The van der Waals surface area contributed by atoms with Gasteiger partial charge in [-0.05, 0) is 44.5 Å². The number of esters is 1. The molecule has 0 bridgehead atoms. The van der Waals surface area contributed by atoms with E-state index in [1.54, 1.807) is 32.1 Å². The van der Waals surface area contributed by atoms with Crippen molar-refractivity contribution in [2.45, 2.75) is 26.9 Å². The number of methoxy groups -OCH3 is 1. The van der Waals surface area contributed by atoms with Crippen LogP contribution in [0.5, 0.6) is 11.5 Å². The molecule has 0 amide bonds. The normalized spacial score (nSPS) is 15.4. The molecule has 1 aliphatic rings. The molecule has 0 saturated heterocycles. The number of fused-ring (bicyclic) bond motifs is 1. The first-order valence-corrected chi connectivity index (χ1v) is 8.29. The Kier molecular flexibility index (Phi) is 4.80. The Morgan fingerprint density at radius 2 is 1.81 bits per heavy atom. The summed E-state index contributed by atoms with van der Waals surface area (Å²) < 4.78 is 16.1. The SMILES string of the molecule is COC(=O)C(C)Oc1ccc2c(c1C)O/C(=C\c1ccc(C)cc1)C2=O. The third kappa shape index (κ3) is 3.33. The summed E-state index contributed by atoms with van der Waals surface area (Å²) in [6.45, 7) is 5.40. The minimum absolute atomic E-state index is 0.170. The van der Waals surface area contributed by atoms with Crippen molar-refractivity contribution in [1.82, 2.24) is 0 Å². The second-order valence-corrected chi connectivity index (χ2v) is 6.20. The van der Waals surface area contributed by atoms with Gasteiger partial charge in [0.1, 0.15) is 11.5 Å². The number of aryl methyl sites for hydroxylation is 1. The summed E-state index contributed by atoms with van der Waals surface area (Å²) in [4.78, 5) is 24.2. The van der Waals surface area contributed by atoms with Crippen LogP contribution in [-0.2, 0) is 9.53 Å². The van der Waals surface area contributed by atoms with E-state index < -0.39 is 12.1 Å². The Bertz CT molecular complexity index is 893. The van der Waals surface area contributed by atoms with Crippen LogP contribution in [0.25, 0.3) is 6.08 Å². The van der Waals surface area contributed by atoms with Crippen LogP contribution < -0.4 is 9.47 Å². The number of ketones is 1. The number of hydrogen-bond acceptors (Lipinski definition) is 5. The predicted molar refractivity (Wildman–Crippen MR) is 97.4 cm³/mol. The van der Waals surface area contributed by atoms with E-state index in [2.05, 4.69) is 4.74 Å². The van der Waals surface area contributed by atoms with E-state index >= 15 is 0 Å². The van der Waals surface area contributed by atoms with Gasteiger partial charge in [0.15, 0.2) is 11.9 Å². The first-order valence-electron chi connectivity index (χ1n) is 8.29. The molecular weight excluding hydrogens is 332 g/mol. The number of carbonyl (C=O) groups is 2. The van der Waals surface area contributed by atoms with Crippen LogP contribution in [0.4, 0.5) is 0 Å². The van der Waals surface area contributed by atoms with Crippen molar-refractivity contribution in [3.8, 4) is 11.5 Å². The summed E-state index contributed by atoms with van der Waals surface area (Å²) in [5, 5.41) is 0. The fourth-order valence-electron chi connectivity index (χ4n) is 2.71. The molecule has 5 nitrogen and oxygen atoms in total. The Hall–Kier alpha value is -3.08. The van der Waals surface area contributed by atoms with Crippen molar-refractivity contribution in [1.29, 1.82) is 0 Å². The Morgan fingerprint density at radius 1 is 1.12 bits per heavy atom. The average Bonchev–Trinajstić information content (AvgIpc) is 2.95. The highest BCUT2D eigenvalue weighted by atomic mass is 16.6. The van der Waals surface area contributed by atoms with Crippen molar-refractivity contribution >= 4 is 17.8 Å². The van der Waals surface area contributed by atoms with E-state index in [0.29, 0.717) is 22.6 Å². The van der Waals surface area contributed by atoms with Crippen LogP contribution in [0.1, 0.15) is 34.0 Å². The largest absolute Gasteiger partial charge is 0.479 e. The molecule has 0 fully saturated rings. The smallest absolute Gasteiger partial charge is 0.346 e. The predicted octanol–water partition coefficient (Wildman–Crippen LogP) is 3.86. The molecule has 2 aromatic carbocycles. The molecule has 5 heteroatoms. The second-order valence-electron chi connectivity index (χ2n) is 6.20. The molecule has 134 valence electrons. The van der Waals surface area contributed by atoms with E-state index in [0.717, 1.165) is 11.1 Å². The molecule has 1 atom stereocenters. The summed E-state index contributed by atoms with van der Waals surface area (Å²) in [6, 6.07) is 11.1. The number of allylic oxidation sites excluding steroid dienone is 1. The highest BCUT2D eigenvalue weighted by molar-refractivity contribution is 6.15. The molecule has 0 radical (unpaired) electrons. The Labute approximate surface area is 152 Å². The average molecular weight is 352 g/mol. The quantitative estimate of drug-likeness (QED) is 0.618. The van der Waals surface area contributed by atoms with Crippen molar-refractivity contribution in [2.24, 2.45) is 0 Å². The maximum absolute atomic E-state index is 12.6. The van der Waals surface area contributed by atoms with Crippen LogP contribution in [0.2, 0.25) is 0 Å². The summed E-state index contributed by atoms with van der Waals surface area (Å²) >= 11 is 0. The molecule has 2 aromatic rings. The first-order chi connectivity index (χ1) is 12.4. The van der Waals surface area contributed by atoms with E-state index in [9.17, 15) is 9.59 Å². The summed E-state index contributed by atoms with van der Waals surface area (Å²) in [5.74, 6) is 0.567. The molecule has 26 heavy (non-hydrogen) atoms. The minimum Gasteiger partial charge on any atom is -0.479 e. The summed E-state index contributed by atoms with van der Waals surface area (Å²) in [5.41, 5.74) is 3.18. The highest BCUT2D eigenvalue weighted by Gasteiger charge is 2.30. The zero-order chi connectivity index (χ0) is 18.8. The minimum atomic E-state index is -0.753. The maximum atomic E-state index is 12.6. The molecule has 1 heterocycles. The van der Waals surface area contributed by atoms with Crippen LogP contribution >= 0.6 is 0 Å². The monoisotopic (exact) mass is 352 g/mol. The van der Waals surface area contributed by atoms with Gasteiger partial charge in [-0.3, -0.25) is 4.79 Å². The van der Waals surface area contributed by atoms with Gasteiger partial charge in [0, 0.05) is 5.56 Å². The molecule has 1 unspecified atom stereocenters. The lowest BCUT2D eigenvalue weighted by Gasteiger charge is -2.15. The fourth-order valence-corrected chi connectivity index (χ4v) is 2.71. The topological polar surface area (TPSA) is 61.8 Å². The number of hydrogen-bond donors (Lipinski definition) is 0. The second kappa shape index (κ2) is 7.04. The van der Waals surface area contributed by atoms with Gasteiger partial charge in [0.05, 0.1) is 12.7 Å². The van der Waals surface area contributed by atoms with Crippen LogP contribution in [0, 0.1) is 13.8 Å². The van der Waals surface area contributed by atoms with Gasteiger partial charge in [-0.25, -0.2) is 4.79 Å².